The first-order valence-electron chi connectivity index (χ1n) is 10.0. The minimum absolute atomic E-state index is 0.488. The summed E-state index contributed by atoms with van der Waals surface area (Å²) < 4.78 is 23.1. The molecule has 1 heterocycles. The molecular weight excluding hydrogens is 402 g/mol. The molecular formula is C22H29N3O4S. The van der Waals surface area contributed by atoms with E-state index in [1.807, 2.05) is 25.2 Å². The number of hydrogen-bond donors (Lipinski definition) is 2. The van der Waals surface area contributed by atoms with E-state index in [9.17, 15) is 0 Å². The Morgan fingerprint density at radius 2 is 1.53 bits per heavy atom. The SMILES string of the molecule is CNc1ccc(-c2nc3ccc(OCCOCCOCCOCCN)cc3s2)cc1. The molecule has 0 saturated carbocycles. The zero-order valence-corrected chi connectivity index (χ0v) is 18.1. The highest BCUT2D eigenvalue weighted by molar-refractivity contribution is 7.21. The van der Waals surface area contributed by atoms with Gasteiger partial charge in [-0.25, -0.2) is 4.98 Å². The van der Waals surface area contributed by atoms with Crippen molar-refractivity contribution in [2.45, 2.75) is 0 Å². The first-order valence-corrected chi connectivity index (χ1v) is 10.9. The average molecular weight is 432 g/mol. The number of anilines is 1. The molecule has 0 bridgehead atoms. The summed E-state index contributed by atoms with van der Waals surface area (Å²) in [5, 5.41) is 4.13. The Balaban J connectivity index is 1.38. The number of rotatable bonds is 14. The van der Waals surface area contributed by atoms with Gasteiger partial charge in [0.25, 0.3) is 0 Å². The molecule has 3 aromatic rings. The van der Waals surface area contributed by atoms with E-state index in [0.717, 1.165) is 32.2 Å². The van der Waals surface area contributed by atoms with Gasteiger partial charge in [0.1, 0.15) is 17.4 Å². The minimum Gasteiger partial charge on any atom is -0.491 e. The van der Waals surface area contributed by atoms with Gasteiger partial charge in [0.15, 0.2) is 0 Å². The Labute approximate surface area is 181 Å². The van der Waals surface area contributed by atoms with Gasteiger partial charge in [-0.15, -0.1) is 11.3 Å². The van der Waals surface area contributed by atoms with Gasteiger partial charge in [-0.3, -0.25) is 0 Å². The highest BCUT2D eigenvalue weighted by Crippen LogP contribution is 2.32. The van der Waals surface area contributed by atoms with Crippen LogP contribution in [0.4, 0.5) is 5.69 Å². The molecule has 162 valence electrons. The van der Waals surface area contributed by atoms with Crippen molar-refractivity contribution in [1.29, 1.82) is 0 Å². The molecule has 0 spiro atoms. The molecule has 0 unspecified atom stereocenters. The fourth-order valence-electron chi connectivity index (χ4n) is 2.74. The van der Waals surface area contributed by atoms with Crippen LogP contribution in [0.5, 0.6) is 5.75 Å². The molecule has 8 heteroatoms. The third-order valence-corrected chi connectivity index (χ3v) is 5.35. The third-order valence-electron chi connectivity index (χ3n) is 4.28. The summed E-state index contributed by atoms with van der Waals surface area (Å²) in [7, 11) is 1.91. The van der Waals surface area contributed by atoms with Gasteiger partial charge >= 0.3 is 0 Å². The molecule has 0 fully saturated rings. The largest absolute Gasteiger partial charge is 0.491 e. The number of thiazole rings is 1. The summed E-state index contributed by atoms with van der Waals surface area (Å²) in [6.45, 7) is 4.28. The van der Waals surface area contributed by atoms with E-state index >= 15 is 0 Å². The second kappa shape index (κ2) is 12.5. The maximum Gasteiger partial charge on any atom is 0.124 e. The van der Waals surface area contributed by atoms with Crippen molar-refractivity contribution >= 4 is 27.2 Å². The highest BCUT2D eigenvalue weighted by Gasteiger charge is 2.07. The molecule has 0 aliphatic heterocycles. The molecule has 3 N–H and O–H groups in total. The number of hydrogen-bond acceptors (Lipinski definition) is 8. The Hall–Kier alpha value is -2.23. The minimum atomic E-state index is 0.488. The molecule has 0 amide bonds. The second-order valence-electron chi connectivity index (χ2n) is 6.45. The van der Waals surface area contributed by atoms with Gasteiger partial charge in [0, 0.05) is 24.8 Å². The Morgan fingerprint density at radius 1 is 0.867 bits per heavy atom. The number of nitrogens with zero attached hydrogens (tertiary/aromatic N) is 1. The van der Waals surface area contributed by atoms with Crippen LogP contribution in [0, 0.1) is 0 Å². The summed E-state index contributed by atoms with van der Waals surface area (Å²) in [5.74, 6) is 0.820. The number of nitrogens with two attached hydrogens (primary N) is 1. The lowest BCUT2D eigenvalue weighted by Gasteiger charge is -2.08. The Kier molecular flexibility index (Phi) is 9.33. The second-order valence-corrected chi connectivity index (χ2v) is 7.48. The first-order chi connectivity index (χ1) is 14.8. The van der Waals surface area contributed by atoms with Crippen molar-refractivity contribution in [3.8, 4) is 16.3 Å². The van der Waals surface area contributed by atoms with E-state index in [0.29, 0.717) is 52.8 Å². The normalized spacial score (nSPS) is 11.1. The summed E-state index contributed by atoms with van der Waals surface area (Å²) in [6.07, 6.45) is 0. The predicted octanol–water partition coefficient (Wildman–Crippen LogP) is 3.39. The molecule has 0 aliphatic rings. The number of ether oxygens (including phenoxy) is 4. The molecule has 1 aromatic heterocycles. The van der Waals surface area contributed by atoms with Gasteiger partial charge in [-0.1, -0.05) is 0 Å². The Bertz CT molecular complexity index is 886. The van der Waals surface area contributed by atoms with Crippen LogP contribution in [0.1, 0.15) is 0 Å². The van der Waals surface area contributed by atoms with Crippen LogP contribution in [0.25, 0.3) is 20.8 Å². The monoisotopic (exact) mass is 431 g/mol. The van der Waals surface area contributed by atoms with Crippen molar-refractivity contribution in [2.75, 3.05) is 65.2 Å². The third kappa shape index (κ3) is 6.93. The Morgan fingerprint density at radius 3 is 2.20 bits per heavy atom. The van der Waals surface area contributed by atoms with Gasteiger partial charge in [-0.2, -0.15) is 0 Å². The van der Waals surface area contributed by atoms with Crippen LogP contribution in [-0.4, -0.2) is 64.8 Å². The van der Waals surface area contributed by atoms with E-state index < -0.39 is 0 Å². The van der Waals surface area contributed by atoms with Crippen molar-refractivity contribution in [3.05, 3.63) is 42.5 Å². The van der Waals surface area contributed by atoms with Gasteiger partial charge in [0.2, 0.25) is 0 Å². The summed E-state index contributed by atoms with van der Waals surface area (Å²) in [6, 6.07) is 14.2. The zero-order valence-electron chi connectivity index (χ0n) is 17.3. The fraction of sp³-hybridized carbons (Fsp3) is 0.409. The average Bonchev–Trinajstić information content (AvgIpc) is 3.21. The van der Waals surface area contributed by atoms with Crippen LogP contribution in [0.2, 0.25) is 0 Å². The summed E-state index contributed by atoms with van der Waals surface area (Å²) in [4.78, 5) is 4.73. The van der Waals surface area contributed by atoms with E-state index in [4.69, 9.17) is 29.7 Å². The van der Waals surface area contributed by atoms with Crippen LogP contribution >= 0.6 is 11.3 Å². The molecule has 7 nitrogen and oxygen atoms in total. The van der Waals surface area contributed by atoms with Crippen molar-refractivity contribution in [1.82, 2.24) is 4.98 Å². The molecule has 0 atom stereocenters. The van der Waals surface area contributed by atoms with E-state index in [2.05, 4.69) is 29.6 Å². The van der Waals surface area contributed by atoms with Crippen molar-refractivity contribution in [2.24, 2.45) is 5.73 Å². The standard InChI is InChI=1S/C22H29N3O4S/c1-24-18-4-2-17(3-5-18)22-25-20-7-6-19(16-21(20)30-22)29-15-14-28-13-12-27-11-10-26-9-8-23/h2-7,16,24H,8-15,23H2,1H3. The number of nitrogens with one attached hydrogen (secondary N) is 1. The lowest BCUT2D eigenvalue weighted by Crippen LogP contribution is -2.14. The number of aromatic nitrogens is 1. The molecule has 3 rings (SSSR count). The maximum absolute atomic E-state index is 5.80. The molecule has 30 heavy (non-hydrogen) atoms. The van der Waals surface area contributed by atoms with Gasteiger partial charge in [-0.05, 0) is 42.5 Å². The fourth-order valence-corrected chi connectivity index (χ4v) is 3.74. The van der Waals surface area contributed by atoms with Gasteiger partial charge in [0.05, 0.1) is 49.9 Å². The zero-order chi connectivity index (χ0) is 21.0. The van der Waals surface area contributed by atoms with Crippen LogP contribution in [-0.2, 0) is 14.2 Å². The summed E-state index contributed by atoms with van der Waals surface area (Å²) >= 11 is 1.66. The molecule has 0 saturated heterocycles. The smallest absolute Gasteiger partial charge is 0.124 e. The van der Waals surface area contributed by atoms with E-state index in [1.54, 1.807) is 11.3 Å². The van der Waals surface area contributed by atoms with Crippen molar-refractivity contribution in [3.63, 3.8) is 0 Å². The molecule has 2 aromatic carbocycles. The van der Waals surface area contributed by atoms with Crippen LogP contribution < -0.4 is 15.8 Å². The maximum atomic E-state index is 5.80. The quantitative estimate of drug-likeness (QED) is 0.378. The van der Waals surface area contributed by atoms with E-state index in [-0.39, 0.29) is 0 Å². The predicted molar refractivity (Wildman–Crippen MR) is 122 cm³/mol. The molecule has 0 radical (unpaired) electrons. The molecule has 0 aliphatic carbocycles. The summed E-state index contributed by atoms with van der Waals surface area (Å²) in [5.41, 5.74) is 8.51. The van der Waals surface area contributed by atoms with E-state index in [1.165, 1.54) is 0 Å². The van der Waals surface area contributed by atoms with Crippen LogP contribution in [0.3, 0.4) is 0 Å². The van der Waals surface area contributed by atoms with Crippen molar-refractivity contribution < 1.29 is 18.9 Å². The topological polar surface area (TPSA) is 87.9 Å². The lowest BCUT2D eigenvalue weighted by atomic mass is 10.2. The number of benzene rings is 2. The highest BCUT2D eigenvalue weighted by atomic mass is 32.1. The lowest BCUT2D eigenvalue weighted by molar-refractivity contribution is 0.0106. The number of fused-ring (bicyclic) bond motifs is 1. The van der Waals surface area contributed by atoms with Gasteiger partial charge < -0.3 is 30.0 Å². The van der Waals surface area contributed by atoms with Crippen LogP contribution in [0.15, 0.2) is 42.5 Å². The first kappa shape index (κ1) is 22.5.